The van der Waals surface area contributed by atoms with Crippen LogP contribution in [-0.4, -0.2) is 18.2 Å². The summed E-state index contributed by atoms with van der Waals surface area (Å²) in [6.07, 6.45) is 0. The van der Waals surface area contributed by atoms with Crippen molar-refractivity contribution >= 4 is 23.0 Å². The molecule has 0 atom stereocenters. The summed E-state index contributed by atoms with van der Waals surface area (Å²) in [5, 5.41) is 6.20. The van der Waals surface area contributed by atoms with Gasteiger partial charge in [0.05, 0.1) is 6.54 Å². The Hall–Kier alpha value is -1.16. The first-order valence-corrected chi connectivity index (χ1v) is 5.69. The summed E-state index contributed by atoms with van der Waals surface area (Å²) >= 11 is 1.46. The minimum atomic E-state index is -0.401. The van der Waals surface area contributed by atoms with Crippen LogP contribution < -0.4 is 5.32 Å². The number of amides is 1. The van der Waals surface area contributed by atoms with Gasteiger partial charge in [-0.25, -0.2) is 0 Å². The second kappa shape index (κ2) is 4.57. The van der Waals surface area contributed by atoms with Crippen molar-refractivity contribution in [1.82, 2.24) is 5.32 Å². The quantitative estimate of drug-likeness (QED) is 0.856. The number of nitrogens with one attached hydrogen (secondary N) is 1. The molecule has 0 aliphatic heterocycles. The number of hydrogen-bond donors (Lipinski definition) is 1. The molecule has 15 heavy (non-hydrogen) atoms. The van der Waals surface area contributed by atoms with Crippen molar-refractivity contribution in [3.05, 3.63) is 22.4 Å². The Kier molecular flexibility index (Phi) is 3.63. The van der Waals surface area contributed by atoms with Gasteiger partial charge in [-0.3, -0.25) is 9.59 Å². The fourth-order valence-electron chi connectivity index (χ4n) is 0.921. The molecule has 1 aromatic rings. The molecule has 0 fully saturated rings. The van der Waals surface area contributed by atoms with Gasteiger partial charge in [-0.2, -0.15) is 11.3 Å². The van der Waals surface area contributed by atoms with Gasteiger partial charge in [0.25, 0.3) is 5.91 Å². The highest BCUT2D eigenvalue weighted by molar-refractivity contribution is 7.08. The lowest BCUT2D eigenvalue weighted by atomic mass is 9.91. The van der Waals surface area contributed by atoms with Crippen molar-refractivity contribution in [2.24, 2.45) is 5.41 Å². The molecule has 0 aliphatic rings. The standard InChI is InChI=1S/C11H15NO2S/c1-11(2,3)9(13)6-12-10(14)8-4-5-15-7-8/h4-5,7H,6H2,1-3H3,(H,12,14). The van der Waals surface area contributed by atoms with Crippen LogP contribution in [-0.2, 0) is 4.79 Å². The number of carbonyl (C=O) groups is 2. The Labute approximate surface area is 93.5 Å². The third-order valence-electron chi connectivity index (χ3n) is 2.03. The van der Waals surface area contributed by atoms with Gasteiger partial charge in [-0.1, -0.05) is 20.8 Å². The first kappa shape index (κ1) is 11.9. The molecule has 0 saturated heterocycles. The van der Waals surface area contributed by atoms with E-state index in [1.54, 1.807) is 11.4 Å². The van der Waals surface area contributed by atoms with Crippen molar-refractivity contribution in [1.29, 1.82) is 0 Å². The Balaban J connectivity index is 2.45. The third kappa shape index (κ3) is 3.47. The first-order chi connectivity index (χ1) is 6.91. The number of Topliss-reactive ketones (excluding diaryl/α,β-unsaturated/α-hetero) is 1. The van der Waals surface area contributed by atoms with Crippen molar-refractivity contribution in [2.75, 3.05) is 6.54 Å². The van der Waals surface area contributed by atoms with Gasteiger partial charge < -0.3 is 5.32 Å². The maximum absolute atomic E-state index is 11.5. The molecule has 1 heterocycles. The van der Waals surface area contributed by atoms with Crippen LogP contribution in [0.5, 0.6) is 0 Å². The van der Waals surface area contributed by atoms with Crippen LogP contribution in [0, 0.1) is 5.41 Å². The molecule has 0 aromatic carbocycles. The summed E-state index contributed by atoms with van der Waals surface area (Å²) in [6.45, 7) is 5.61. The molecular weight excluding hydrogens is 210 g/mol. The predicted molar refractivity (Wildman–Crippen MR) is 61.1 cm³/mol. The summed E-state index contributed by atoms with van der Waals surface area (Å²) in [7, 11) is 0. The zero-order chi connectivity index (χ0) is 11.5. The largest absolute Gasteiger partial charge is 0.345 e. The molecule has 0 saturated carbocycles. The van der Waals surface area contributed by atoms with Gasteiger partial charge >= 0.3 is 0 Å². The first-order valence-electron chi connectivity index (χ1n) is 4.75. The van der Waals surface area contributed by atoms with Gasteiger partial charge in [0.15, 0.2) is 5.78 Å². The molecule has 0 spiro atoms. The Bertz CT molecular complexity index is 349. The molecule has 82 valence electrons. The van der Waals surface area contributed by atoms with E-state index in [9.17, 15) is 9.59 Å². The van der Waals surface area contributed by atoms with Gasteiger partial charge in [0, 0.05) is 16.4 Å². The normalized spacial score (nSPS) is 11.1. The van der Waals surface area contributed by atoms with E-state index in [1.165, 1.54) is 11.3 Å². The lowest BCUT2D eigenvalue weighted by molar-refractivity contribution is -0.125. The SMILES string of the molecule is CC(C)(C)C(=O)CNC(=O)c1ccsc1. The maximum Gasteiger partial charge on any atom is 0.252 e. The topological polar surface area (TPSA) is 46.2 Å². The summed E-state index contributed by atoms with van der Waals surface area (Å²) in [6, 6.07) is 1.74. The van der Waals surface area contributed by atoms with E-state index in [1.807, 2.05) is 26.2 Å². The highest BCUT2D eigenvalue weighted by atomic mass is 32.1. The Morgan fingerprint density at radius 1 is 1.40 bits per heavy atom. The molecule has 0 bridgehead atoms. The van der Waals surface area contributed by atoms with Crippen molar-refractivity contribution in [3.8, 4) is 0 Å². The van der Waals surface area contributed by atoms with Crippen LogP contribution in [0.25, 0.3) is 0 Å². The van der Waals surface area contributed by atoms with E-state index in [-0.39, 0.29) is 18.2 Å². The van der Waals surface area contributed by atoms with Gasteiger partial charge in [-0.15, -0.1) is 0 Å². The third-order valence-corrected chi connectivity index (χ3v) is 2.71. The Morgan fingerprint density at radius 2 is 2.07 bits per heavy atom. The van der Waals surface area contributed by atoms with Crippen LogP contribution in [0.15, 0.2) is 16.8 Å². The van der Waals surface area contributed by atoms with E-state index < -0.39 is 5.41 Å². The molecular formula is C11H15NO2S. The highest BCUT2D eigenvalue weighted by Crippen LogP contribution is 2.13. The van der Waals surface area contributed by atoms with E-state index in [4.69, 9.17) is 0 Å². The maximum atomic E-state index is 11.5. The van der Waals surface area contributed by atoms with Crippen molar-refractivity contribution in [3.63, 3.8) is 0 Å². The second-order valence-electron chi connectivity index (χ2n) is 4.37. The molecule has 1 N–H and O–H groups in total. The summed E-state index contributed by atoms with van der Waals surface area (Å²) in [4.78, 5) is 23.0. The number of thiophene rings is 1. The van der Waals surface area contributed by atoms with Crippen LogP contribution in [0.1, 0.15) is 31.1 Å². The van der Waals surface area contributed by atoms with Crippen molar-refractivity contribution < 1.29 is 9.59 Å². The molecule has 0 aliphatic carbocycles. The summed E-state index contributed by atoms with van der Waals surface area (Å²) in [5.41, 5.74) is 0.212. The predicted octanol–water partition coefficient (Wildman–Crippen LogP) is 2.09. The van der Waals surface area contributed by atoms with Gasteiger partial charge in [0.1, 0.15) is 0 Å². The average Bonchev–Trinajstić information content (AvgIpc) is 2.64. The average molecular weight is 225 g/mol. The van der Waals surface area contributed by atoms with Crippen molar-refractivity contribution in [2.45, 2.75) is 20.8 Å². The number of hydrogen-bond acceptors (Lipinski definition) is 3. The van der Waals surface area contributed by atoms with Crippen LogP contribution in [0.3, 0.4) is 0 Å². The van der Waals surface area contributed by atoms with E-state index >= 15 is 0 Å². The lowest BCUT2D eigenvalue weighted by Gasteiger charge is -2.16. The zero-order valence-electron chi connectivity index (χ0n) is 9.16. The van der Waals surface area contributed by atoms with Crippen LogP contribution in [0.2, 0.25) is 0 Å². The zero-order valence-corrected chi connectivity index (χ0v) is 9.98. The molecule has 1 amide bonds. The van der Waals surface area contributed by atoms with Crippen LogP contribution >= 0.6 is 11.3 Å². The van der Waals surface area contributed by atoms with E-state index in [0.717, 1.165) is 0 Å². The monoisotopic (exact) mass is 225 g/mol. The van der Waals surface area contributed by atoms with Gasteiger partial charge in [-0.05, 0) is 11.4 Å². The molecule has 3 nitrogen and oxygen atoms in total. The number of carbonyl (C=O) groups excluding carboxylic acids is 2. The minimum Gasteiger partial charge on any atom is -0.345 e. The molecule has 1 rings (SSSR count). The lowest BCUT2D eigenvalue weighted by Crippen LogP contribution is -2.35. The minimum absolute atomic E-state index is 0.0334. The van der Waals surface area contributed by atoms with E-state index in [0.29, 0.717) is 5.56 Å². The molecule has 1 aromatic heterocycles. The Morgan fingerprint density at radius 3 is 2.53 bits per heavy atom. The number of ketones is 1. The fourth-order valence-corrected chi connectivity index (χ4v) is 1.56. The molecule has 4 heteroatoms. The second-order valence-corrected chi connectivity index (χ2v) is 5.15. The number of rotatable bonds is 3. The fraction of sp³-hybridized carbons (Fsp3) is 0.455. The molecule has 0 unspecified atom stereocenters. The van der Waals surface area contributed by atoms with Crippen LogP contribution in [0.4, 0.5) is 0 Å². The summed E-state index contributed by atoms with van der Waals surface area (Å²) in [5.74, 6) is -0.153. The highest BCUT2D eigenvalue weighted by Gasteiger charge is 2.21. The van der Waals surface area contributed by atoms with Gasteiger partial charge in [0.2, 0.25) is 0 Å². The van der Waals surface area contributed by atoms with E-state index in [2.05, 4.69) is 5.32 Å². The molecule has 0 radical (unpaired) electrons. The smallest absolute Gasteiger partial charge is 0.252 e. The summed E-state index contributed by atoms with van der Waals surface area (Å²) < 4.78 is 0.